The first kappa shape index (κ1) is 19.7. The van der Waals surface area contributed by atoms with E-state index in [0.717, 1.165) is 40.0 Å². The zero-order valence-electron chi connectivity index (χ0n) is 15.7. The Labute approximate surface area is 166 Å². The molecule has 2 heterocycles. The van der Waals surface area contributed by atoms with E-state index < -0.39 is 5.97 Å². The van der Waals surface area contributed by atoms with Gasteiger partial charge in [-0.3, -0.25) is 4.79 Å². The number of rotatable bonds is 8. The lowest BCUT2D eigenvalue weighted by atomic mass is 10.0. The van der Waals surface area contributed by atoms with Crippen LogP contribution in [0.3, 0.4) is 0 Å². The van der Waals surface area contributed by atoms with Gasteiger partial charge in [0.05, 0.1) is 0 Å². The average molecular weight is 399 g/mol. The molecule has 1 amide bonds. The first-order valence-electron chi connectivity index (χ1n) is 8.97. The number of carbonyl (C=O) groups excluding carboxylic acids is 2. The molecule has 0 saturated heterocycles. The summed E-state index contributed by atoms with van der Waals surface area (Å²) in [6.07, 6.45) is 1.60. The number of nitrogens with zero attached hydrogens (tertiary/aromatic N) is 4. The molecular weight excluding hydrogens is 378 g/mol. The standard InChI is InChI=1S/C19H21N5O3S/c1-3-13-6-5-7-14(4-2)18(13)20-16(25)11-27-17(26)10-24-22-19(21-23-24)15-8-9-28-12-15/h5-9,12H,3-4,10-11H2,1-2H3,(H,20,25). The minimum atomic E-state index is -0.607. The zero-order chi connectivity index (χ0) is 19.9. The lowest BCUT2D eigenvalue weighted by molar-refractivity contribution is -0.148. The van der Waals surface area contributed by atoms with E-state index in [2.05, 4.69) is 20.7 Å². The first-order valence-corrected chi connectivity index (χ1v) is 9.91. The maximum Gasteiger partial charge on any atom is 0.330 e. The number of hydrogen-bond donors (Lipinski definition) is 1. The minimum Gasteiger partial charge on any atom is -0.454 e. The van der Waals surface area contributed by atoms with Gasteiger partial charge in [-0.15, -0.1) is 10.2 Å². The molecule has 9 heteroatoms. The van der Waals surface area contributed by atoms with Crippen molar-refractivity contribution in [3.8, 4) is 11.4 Å². The van der Waals surface area contributed by atoms with Gasteiger partial charge in [-0.2, -0.15) is 16.1 Å². The van der Waals surface area contributed by atoms with Gasteiger partial charge in [-0.1, -0.05) is 32.0 Å². The first-order chi connectivity index (χ1) is 13.6. The summed E-state index contributed by atoms with van der Waals surface area (Å²) in [5, 5.41) is 18.5. The molecule has 0 aliphatic rings. The molecule has 3 aromatic rings. The topological polar surface area (TPSA) is 99.0 Å². The molecule has 0 radical (unpaired) electrons. The molecule has 28 heavy (non-hydrogen) atoms. The van der Waals surface area contributed by atoms with Gasteiger partial charge < -0.3 is 10.1 Å². The second kappa shape index (κ2) is 9.23. The molecule has 0 unspecified atom stereocenters. The van der Waals surface area contributed by atoms with Crippen LogP contribution in [0.5, 0.6) is 0 Å². The van der Waals surface area contributed by atoms with E-state index in [4.69, 9.17) is 4.74 Å². The van der Waals surface area contributed by atoms with Crippen LogP contribution < -0.4 is 5.32 Å². The largest absolute Gasteiger partial charge is 0.454 e. The van der Waals surface area contributed by atoms with Crippen molar-refractivity contribution in [3.63, 3.8) is 0 Å². The fourth-order valence-corrected chi connectivity index (χ4v) is 3.34. The Hall–Kier alpha value is -3.07. The predicted molar refractivity (Wildman–Crippen MR) is 106 cm³/mol. The molecular formula is C19H21N5O3S. The van der Waals surface area contributed by atoms with Crippen LogP contribution in [-0.4, -0.2) is 38.7 Å². The van der Waals surface area contributed by atoms with Gasteiger partial charge in [0.2, 0.25) is 5.82 Å². The molecule has 0 spiro atoms. The van der Waals surface area contributed by atoms with Crippen LogP contribution in [0.1, 0.15) is 25.0 Å². The summed E-state index contributed by atoms with van der Waals surface area (Å²) in [6.45, 7) is 3.47. The molecule has 0 fully saturated rings. The molecule has 3 rings (SSSR count). The molecule has 0 aliphatic heterocycles. The monoisotopic (exact) mass is 399 g/mol. The quantitative estimate of drug-likeness (QED) is 0.585. The van der Waals surface area contributed by atoms with Crippen molar-refractivity contribution in [2.45, 2.75) is 33.2 Å². The van der Waals surface area contributed by atoms with Gasteiger partial charge in [-0.25, -0.2) is 4.79 Å². The van der Waals surface area contributed by atoms with E-state index in [1.807, 2.05) is 48.9 Å². The van der Waals surface area contributed by atoms with Crippen molar-refractivity contribution in [2.75, 3.05) is 11.9 Å². The van der Waals surface area contributed by atoms with Gasteiger partial charge in [0.25, 0.3) is 5.91 Å². The summed E-state index contributed by atoms with van der Waals surface area (Å²) in [4.78, 5) is 25.4. The number of nitrogens with one attached hydrogen (secondary N) is 1. The summed E-state index contributed by atoms with van der Waals surface area (Å²) in [7, 11) is 0. The normalized spacial score (nSPS) is 10.6. The number of aromatic nitrogens is 4. The number of anilines is 1. The van der Waals surface area contributed by atoms with Crippen LogP contribution in [-0.2, 0) is 33.7 Å². The lowest BCUT2D eigenvalue weighted by Crippen LogP contribution is -2.24. The molecule has 0 saturated carbocycles. The molecule has 0 atom stereocenters. The molecule has 0 aliphatic carbocycles. The number of esters is 1. The Bertz CT molecular complexity index is 930. The highest BCUT2D eigenvalue weighted by Crippen LogP contribution is 2.22. The Morgan fingerprint density at radius 3 is 2.57 bits per heavy atom. The molecule has 2 aromatic heterocycles. The van der Waals surface area contributed by atoms with Gasteiger partial charge in [0.15, 0.2) is 13.2 Å². The predicted octanol–water partition coefficient (Wildman–Crippen LogP) is 2.71. The summed E-state index contributed by atoms with van der Waals surface area (Å²) in [6, 6.07) is 7.79. The van der Waals surface area contributed by atoms with E-state index in [1.54, 1.807) is 0 Å². The van der Waals surface area contributed by atoms with Gasteiger partial charge in [0, 0.05) is 16.6 Å². The van der Waals surface area contributed by atoms with E-state index >= 15 is 0 Å². The third kappa shape index (κ3) is 4.80. The van der Waals surface area contributed by atoms with E-state index in [-0.39, 0.29) is 19.1 Å². The summed E-state index contributed by atoms with van der Waals surface area (Å²) >= 11 is 1.52. The van der Waals surface area contributed by atoms with E-state index in [1.165, 1.54) is 11.3 Å². The fraction of sp³-hybridized carbons (Fsp3) is 0.316. The number of carbonyl (C=O) groups is 2. The summed E-state index contributed by atoms with van der Waals surface area (Å²) in [5.74, 6) is -0.548. The third-order valence-electron chi connectivity index (χ3n) is 4.13. The highest BCUT2D eigenvalue weighted by Gasteiger charge is 2.14. The number of para-hydroxylation sites is 1. The van der Waals surface area contributed by atoms with Crippen LogP contribution in [0.15, 0.2) is 35.0 Å². The van der Waals surface area contributed by atoms with Crippen molar-refractivity contribution in [1.82, 2.24) is 20.2 Å². The van der Waals surface area contributed by atoms with E-state index in [0.29, 0.717) is 5.82 Å². The molecule has 8 nitrogen and oxygen atoms in total. The Morgan fingerprint density at radius 2 is 1.93 bits per heavy atom. The fourth-order valence-electron chi connectivity index (χ4n) is 2.70. The number of aryl methyl sites for hydroxylation is 2. The second-order valence-corrected chi connectivity index (χ2v) is 6.80. The Kier molecular flexibility index (Phi) is 6.49. The SMILES string of the molecule is CCc1cccc(CC)c1NC(=O)COC(=O)Cn1nnc(-c2ccsc2)n1. The smallest absolute Gasteiger partial charge is 0.330 e. The van der Waals surface area contributed by atoms with Crippen LogP contribution in [0.2, 0.25) is 0 Å². The van der Waals surface area contributed by atoms with Crippen LogP contribution in [0.4, 0.5) is 5.69 Å². The molecule has 0 bridgehead atoms. The second-order valence-electron chi connectivity index (χ2n) is 6.02. The van der Waals surface area contributed by atoms with E-state index in [9.17, 15) is 9.59 Å². The van der Waals surface area contributed by atoms with Crippen LogP contribution in [0, 0.1) is 0 Å². The number of ether oxygens (including phenoxy) is 1. The zero-order valence-corrected chi connectivity index (χ0v) is 16.5. The maximum absolute atomic E-state index is 12.2. The molecule has 1 aromatic carbocycles. The van der Waals surface area contributed by atoms with Gasteiger partial charge in [-0.05, 0) is 40.6 Å². The van der Waals surface area contributed by atoms with Crippen molar-refractivity contribution >= 4 is 28.9 Å². The Morgan fingerprint density at radius 1 is 1.18 bits per heavy atom. The van der Waals surface area contributed by atoms with Crippen LogP contribution >= 0.6 is 11.3 Å². The molecule has 1 N–H and O–H groups in total. The maximum atomic E-state index is 12.2. The Balaban J connectivity index is 1.53. The lowest BCUT2D eigenvalue weighted by Gasteiger charge is -2.14. The number of tetrazole rings is 1. The van der Waals surface area contributed by atoms with Gasteiger partial charge in [0.1, 0.15) is 0 Å². The third-order valence-corrected chi connectivity index (χ3v) is 4.81. The number of amides is 1. The average Bonchev–Trinajstić information content (AvgIpc) is 3.38. The number of hydrogen-bond acceptors (Lipinski definition) is 7. The van der Waals surface area contributed by atoms with Crippen LogP contribution in [0.25, 0.3) is 11.4 Å². The highest BCUT2D eigenvalue weighted by atomic mass is 32.1. The van der Waals surface area contributed by atoms with Crippen molar-refractivity contribution in [3.05, 3.63) is 46.2 Å². The van der Waals surface area contributed by atoms with Crippen molar-refractivity contribution < 1.29 is 14.3 Å². The van der Waals surface area contributed by atoms with Gasteiger partial charge >= 0.3 is 5.97 Å². The summed E-state index contributed by atoms with van der Waals surface area (Å²) in [5.41, 5.74) is 3.73. The molecule has 146 valence electrons. The minimum absolute atomic E-state index is 0.212. The number of thiophene rings is 1. The number of benzene rings is 1. The van der Waals surface area contributed by atoms with Crippen molar-refractivity contribution in [2.24, 2.45) is 0 Å². The summed E-state index contributed by atoms with van der Waals surface area (Å²) < 4.78 is 5.05. The highest BCUT2D eigenvalue weighted by molar-refractivity contribution is 7.08. The van der Waals surface area contributed by atoms with Crippen molar-refractivity contribution in [1.29, 1.82) is 0 Å².